The molecule has 0 aliphatic heterocycles. The molecule has 2 nitrogen and oxygen atoms in total. The topological polar surface area (TPSA) is 14.2 Å². The number of ether oxygens (including phenoxy) is 1. The molecule has 0 saturated carbocycles. The van der Waals surface area contributed by atoms with E-state index in [1.807, 2.05) is 0 Å². The molecule has 25 heavy (non-hydrogen) atoms. The Balaban J connectivity index is 2.75. The zero-order chi connectivity index (χ0) is 18.9. The molecule has 0 radical (unpaired) electrons. The fraction of sp³-hybridized carbons (Fsp3) is 0.250. The maximum Gasteiger partial charge on any atom is 0.432 e. The summed E-state index contributed by atoms with van der Waals surface area (Å²) in [6.07, 6.45) is 0.317. The molecule has 1 aromatic heterocycles. The number of terminal acetylenes is 1. The van der Waals surface area contributed by atoms with Crippen molar-refractivity contribution in [2.24, 2.45) is 0 Å². The zero-order valence-electron chi connectivity index (χ0n) is 12.6. The largest absolute Gasteiger partial charge is 0.479 e. The molecule has 0 aliphatic carbocycles. The van der Waals surface area contributed by atoms with Gasteiger partial charge in [-0.2, -0.15) is 13.2 Å². The van der Waals surface area contributed by atoms with Gasteiger partial charge in [0.05, 0.1) is 10.0 Å². The Morgan fingerprint density at radius 2 is 1.88 bits per heavy atom. The fourth-order valence-corrected chi connectivity index (χ4v) is 3.37. The molecule has 0 atom stereocenters. The van der Waals surface area contributed by atoms with E-state index in [1.165, 1.54) is 6.92 Å². The van der Waals surface area contributed by atoms with Crippen molar-refractivity contribution >= 4 is 34.8 Å². The van der Waals surface area contributed by atoms with Gasteiger partial charge >= 0.3 is 6.18 Å². The van der Waals surface area contributed by atoms with Gasteiger partial charge in [0.2, 0.25) is 0 Å². The number of rotatable bonds is 4. The molecule has 2 rings (SSSR count). The summed E-state index contributed by atoms with van der Waals surface area (Å²) in [5, 5.41) is -1.14. The Kier molecular flexibility index (Phi) is 5.82. The third kappa shape index (κ3) is 3.69. The molecule has 0 spiro atoms. The Labute approximate surface area is 156 Å². The average molecular weight is 415 g/mol. The highest BCUT2D eigenvalue weighted by Gasteiger charge is 2.40. The summed E-state index contributed by atoms with van der Waals surface area (Å²) in [7, 11) is 0. The van der Waals surface area contributed by atoms with E-state index in [2.05, 4.69) is 5.92 Å². The minimum atomic E-state index is -4.76. The van der Waals surface area contributed by atoms with E-state index >= 15 is 0 Å². The van der Waals surface area contributed by atoms with Crippen molar-refractivity contribution in [2.45, 2.75) is 19.6 Å². The summed E-state index contributed by atoms with van der Waals surface area (Å²) < 4.78 is 60.1. The zero-order valence-corrected chi connectivity index (χ0v) is 14.9. The molecule has 0 aliphatic rings. The minimum Gasteiger partial charge on any atom is -0.479 e. The SMILES string of the molecule is C#CCOc1cc(-c2c(Cl)c(C(F)(F)F)n(CC)c2Cl)c(F)cc1Cl. The first-order chi connectivity index (χ1) is 11.6. The Bertz CT molecular complexity index is 853. The highest BCUT2D eigenvalue weighted by atomic mass is 35.5. The van der Waals surface area contributed by atoms with Crippen LogP contribution in [0.5, 0.6) is 5.75 Å². The van der Waals surface area contributed by atoms with Crippen LogP contribution in [0.1, 0.15) is 12.6 Å². The van der Waals surface area contributed by atoms with Gasteiger partial charge in [0.1, 0.15) is 29.0 Å². The summed E-state index contributed by atoms with van der Waals surface area (Å²) in [6, 6.07) is 2.01. The average Bonchev–Trinajstić information content (AvgIpc) is 2.77. The quantitative estimate of drug-likeness (QED) is 0.423. The molecular formula is C16H10Cl3F4NO. The van der Waals surface area contributed by atoms with Crippen LogP contribution < -0.4 is 4.74 Å². The maximum absolute atomic E-state index is 14.4. The van der Waals surface area contributed by atoms with E-state index < -0.39 is 22.7 Å². The monoisotopic (exact) mass is 413 g/mol. The van der Waals surface area contributed by atoms with Gasteiger partial charge in [0, 0.05) is 17.7 Å². The normalized spacial score (nSPS) is 11.5. The van der Waals surface area contributed by atoms with Gasteiger partial charge in [-0.15, -0.1) is 6.42 Å². The molecule has 2 aromatic rings. The van der Waals surface area contributed by atoms with Crippen LogP contribution in [0.25, 0.3) is 11.1 Å². The molecule has 134 valence electrons. The number of benzene rings is 1. The Hall–Kier alpha value is -1.55. The van der Waals surface area contributed by atoms with Crippen molar-refractivity contribution in [3.05, 3.63) is 38.8 Å². The molecule has 9 heteroatoms. The summed E-state index contributed by atoms with van der Waals surface area (Å²) in [5.41, 5.74) is -1.72. The molecular weight excluding hydrogens is 405 g/mol. The highest BCUT2D eigenvalue weighted by molar-refractivity contribution is 6.40. The lowest BCUT2D eigenvalue weighted by Gasteiger charge is -2.10. The number of alkyl halides is 3. The molecule has 1 aromatic carbocycles. The highest BCUT2D eigenvalue weighted by Crippen LogP contribution is 2.47. The molecule has 0 amide bonds. The van der Waals surface area contributed by atoms with E-state index in [0.29, 0.717) is 0 Å². The van der Waals surface area contributed by atoms with E-state index in [4.69, 9.17) is 46.0 Å². The summed E-state index contributed by atoms with van der Waals surface area (Å²) in [5.74, 6) is 1.30. The van der Waals surface area contributed by atoms with Crippen molar-refractivity contribution in [2.75, 3.05) is 6.61 Å². The van der Waals surface area contributed by atoms with Gasteiger partial charge in [0.15, 0.2) is 0 Å². The standard InChI is InChI=1S/C16H10Cl3F4NO/c1-3-5-25-11-6-8(10(20)7-9(11)17)12-13(18)14(16(21,22)23)24(4-2)15(12)19/h1,6-7H,4-5H2,2H3. The molecule has 0 N–H and O–H groups in total. The van der Waals surface area contributed by atoms with Crippen molar-refractivity contribution in [1.82, 2.24) is 4.57 Å². The molecule has 0 fully saturated rings. The van der Waals surface area contributed by atoms with Crippen LogP contribution in [0.15, 0.2) is 12.1 Å². The predicted molar refractivity (Wildman–Crippen MR) is 89.9 cm³/mol. The van der Waals surface area contributed by atoms with Crippen LogP contribution in [0, 0.1) is 18.2 Å². The second kappa shape index (κ2) is 7.36. The number of halogens is 7. The first kappa shape index (κ1) is 19.8. The second-order valence-corrected chi connectivity index (χ2v) is 5.97. The van der Waals surface area contributed by atoms with Gasteiger partial charge in [-0.3, -0.25) is 0 Å². The lowest BCUT2D eigenvalue weighted by molar-refractivity contribution is -0.143. The van der Waals surface area contributed by atoms with Crippen LogP contribution in [0.2, 0.25) is 15.2 Å². The first-order valence-corrected chi connectivity index (χ1v) is 7.97. The van der Waals surface area contributed by atoms with Gasteiger partial charge in [-0.1, -0.05) is 40.7 Å². The van der Waals surface area contributed by atoms with Crippen molar-refractivity contribution in [3.8, 4) is 29.2 Å². The third-order valence-corrected chi connectivity index (χ3v) is 4.38. The van der Waals surface area contributed by atoms with E-state index in [-0.39, 0.29) is 40.2 Å². The summed E-state index contributed by atoms with van der Waals surface area (Å²) in [4.78, 5) is 0. The van der Waals surface area contributed by atoms with Crippen molar-refractivity contribution in [3.63, 3.8) is 0 Å². The smallest absolute Gasteiger partial charge is 0.432 e. The van der Waals surface area contributed by atoms with Crippen LogP contribution in [0.3, 0.4) is 0 Å². The van der Waals surface area contributed by atoms with Crippen molar-refractivity contribution in [1.29, 1.82) is 0 Å². The Morgan fingerprint density at radius 3 is 2.36 bits per heavy atom. The number of hydrogen-bond acceptors (Lipinski definition) is 1. The van der Waals surface area contributed by atoms with Crippen LogP contribution in [0.4, 0.5) is 17.6 Å². The van der Waals surface area contributed by atoms with E-state index in [0.717, 1.165) is 16.7 Å². The van der Waals surface area contributed by atoms with Crippen molar-refractivity contribution < 1.29 is 22.3 Å². The maximum atomic E-state index is 14.4. The second-order valence-electron chi connectivity index (χ2n) is 4.83. The lowest BCUT2D eigenvalue weighted by atomic mass is 10.1. The van der Waals surface area contributed by atoms with Gasteiger partial charge in [0.25, 0.3) is 0 Å². The molecule has 0 saturated heterocycles. The minimum absolute atomic E-state index is 0.000886. The third-order valence-electron chi connectivity index (χ3n) is 3.33. The first-order valence-electron chi connectivity index (χ1n) is 6.83. The van der Waals surface area contributed by atoms with Crippen LogP contribution in [-0.2, 0) is 12.7 Å². The number of nitrogens with zero attached hydrogens (tertiary/aromatic N) is 1. The van der Waals surface area contributed by atoms with Gasteiger partial charge < -0.3 is 9.30 Å². The Morgan fingerprint density at radius 1 is 1.24 bits per heavy atom. The molecule has 0 unspecified atom stereocenters. The summed E-state index contributed by atoms with van der Waals surface area (Å²) >= 11 is 17.8. The van der Waals surface area contributed by atoms with E-state index in [9.17, 15) is 17.6 Å². The van der Waals surface area contributed by atoms with E-state index in [1.54, 1.807) is 0 Å². The number of aromatic nitrogens is 1. The van der Waals surface area contributed by atoms with Crippen LogP contribution >= 0.6 is 34.8 Å². The molecule has 0 bridgehead atoms. The van der Waals surface area contributed by atoms with Gasteiger partial charge in [-0.25, -0.2) is 4.39 Å². The summed E-state index contributed by atoms with van der Waals surface area (Å²) in [6.45, 7) is 1.19. The van der Waals surface area contributed by atoms with Crippen LogP contribution in [-0.4, -0.2) is 11.2 Å². The number of hydrogen-bond donors (Lipinski definition) is 0. The van der Waals surface area contributed by atoms with Gasteiger partial charge in [-0.05, 0) is 19.1 Å². The predicted octanol–water partition coefficient (Wildman–Crippen LogP) is 6.31. The molecule has 1 heterocycles. The fourth-order valence-electron chi connectivity index (χ4n) is 2.32. The lowest BCUT2D eigenvalue weighted by Crippen LogP contribution is -2.13.